The van der Waals surface area contributed by atoms with Gasteiger partial charge < -0.3 is 9.16 Å². The maximum Gasteiger partial charge on any atom is 0.316 e. The Labute approximate surface area is 154 Å². The van der Waals surface area contributed by atoms with Crippen LogP contribution in [0.4, 0.5) is 0 Å². The minimum Gasteiger partial charge on any atom is -0.426 e. The molecule has 1 aromatic rings. The molecular formula is C21H34O3Si. The van der Waals surface area contributed by atoms with Crippen molar-refractivity contribution in [1.29, 1.82) is 0 Å². The molecule has 140 valence electrons. The second-order valence-electron chi connectivity index (χ2n) is 7.66. The highest BCUT2D eigenvalue weighted by atomic mass is 28.4. The molecule has 2 rings (SSSR count). The van der Waals surface area contributed by atoms with Gasteiger partial charge in [0.25, 0.3) is 0 Å². The summed E-state index contributed by atoms with van der Waals surface area (Å²) in [4.78, 5) is 12.8. The van der Waals surface area contributed by atoms with E-state index in [1.165, 1.54) is 32.1 Å². The summed E-state index contributed by atoms with van der Waals surface area (Å²) in [6, 6.07) is 11.5. The zero-order chi connectivity index (χ0) is 18.3. The van der Waals surface area contributed by atoms with Gasteiger partial charge in [-0.25, -0.2) is 0 Å². The summed E-state index contributed by atoms with van der Waals surface area (Å²) in [5, 5.41) is 0. The minimum absolute atomic E-state index is 0.00641. The van der Waals surface area contributed by atoms with Crippen molar-refractivity contribution in [2.75, 3.05) is 0 Å². The van der Waals surface area contributed by atoms with Crippen molar-refractivity contribution < 1.29 is 14.0 Å². The van der Waals surface area contributed by atoms with Gasteiger partial charge in [-0.15, -0.1) is 0 Å². The van der Waals surface area contributed by atoms with E-state index in [4.69, 9.17) is 9.16 Å². The Kier molecular flexibility index (Phi) is 7.70. The lowest BCUT2D eigenvalue weighted by atomic mass is 9.81. The van der Waals surface area contributed by atoms with Crippen molar-refractivity contribution in [3.63, 3.8) is 0 Å². The van der Waals surface area contributed by atoms with Crippen LogP contribution >= 0.6 is 0 Å². The number of benzene rings is 1. The van der Waals surface area contributed by atoms with Gasteiger partial charge in [-0.1, -0.05) is 51.3 Å². The fourth-order valence-electron chi connectivity index (χ4n) is 3.65. The van der Waals surface area contributed by atoms with Crippen LogP contribution in [0.25, 0.3) is 0 Å². The van der Waals surface area contributed by atoms with Crippen LogP contribution in [0.3, 0.4) is 0 Å². The van der Waals surface area contributed by atoms with Crippen LogP contribution in [-0.2, 0) is 9.22 Å². The number of para-hydroxylation sites is 1. The van der Waals surface area contributed by atoms with E-state index >= 15 is 0 Å². The second kappa shape index (κ2) is 9.53. The number of carbonyl (C=O) groups is 1. The number of hydrogen-bond acceptors (Lipinski definition) is 3. The standard InChI is InChI=1S/C21H34O3Si/c1-5-25(4,6-2)24-20(18-13-9-7-10-14-18)17(3)21(22)23-19-15-11-8-12-16-19/h8,11-12,15-18,20H,5-7,9-10,13-14H2,1-4H3/t17-,20+/m1/s1. The fourth-order valence-corrected chi connectivity index (χ4v) is 5.53. The van der Waals surface area contributed by atoms with Gasteiger partial charge in [0.05, 0.1) is 12.0 Å². The molecule has 0 aliphatic heterocycles. The normalized spacial score (nSPS) is 18.6. The van der Waals surface area contributed by atoms with Crippen molar-refractivity contribution in [3.05, 3.63) is 30.3 Å². The number of carbonyl (C=O) groups excluding carboxylic acids is 1. The fraction of sp³-hybridized carbons (Fsp3) is 0.667. The summed E-state index contributed by atoms with van der Waals surface area (Å²) in [6.45, 7) is 8.74. The largest absolute Gasteiger partial charge is 0.426 e. The Morgan fingerprint density at radius 1 is 1.12 bits per heavy atom. The van der Waals surface area contributed by atoms with Crippen LogP contribution in [0.5, 0.6) is 5.75 Å². The first-order valence-corrected chi connectivity index (χ1v) is 12.8. The molecule has 0 heterocycles. The quantitative estimate of drug-likeness (QED) is 0.332. The van der Waals surface area contributed by atoms with Gasteiger partial charge in [-0.2, -0.15) is 0 Å². The average molecular weight is 363 g/mol. The molecule has 0 spiro atoms. The van der Waals surface area contributed by atoms with E-state index in [9.17, 15) is 4.79 Å². The van der Waals surface area contributed by atoms with E-state index in [1.54, 1.807) is 0 Å². The van der Waals surface area contributed by atoms with Crippen molar-refractivity contribution in [1.82, 2.24) is 0 Å². The zero-order valence-electron chi connectivity index (χ0n) is 16.3. The van der Waals surface area contributed by atoms with Gasteiger partial charge in [0, 0.05) is 0 Å². The predicted octanol–water partition coefficient (Wildman–Crippen LogP) is 5.81. The smallest absolute Gasteiger partial charge is 0.316 e. The lowest BCUT2D eigenvalue weighted by molar-refractivity contribution is -0.143. The van der Waals surface area contributed by atoms with E-state index in [-0.39, 0.29) is 18.0 Å². The molecule has 0 unspecified atom stereocenters. The molecule has 3 nitrogen and oxygen atoms in total. The average Bonchev–Trinajstić information content (AvgIpc) is 2.67. The molecule has 0 N–H and O–H groups in total. The lowest BCUT2D eigenvalue weighted by Crippen LogP contribution is -2.46. The van der Waals surface area contributed by atoms with Gasteiger partial charge in [0.15, 0.2) is 8.32 Å². The Balaban J connectivity index is 2.13. The Bertz CT molecular complexity index is 521. The van der Waals surface area contributed by atoms with Crippen LogP contribution in [0.15, 0.2) is 30.3 Å². The highest BCUT2D eigenvalue weighted by molar-refractivity contribution is 6.72. The van der Waals surface area contributed by atoms with Crippen LogP contribution in [-0.4, -0.2) is 20.4 Å². The molecule has 0 radical (unpaired) electrons. The Morgan fingerprint density at radius 3 is 2.28 bits per heavy atom. The summed E-state index contributed by atoms with van der Waals surface area (Å²) in [7, 11) is -1.75. The molecule has 2 atom stereocenters. The summed E-state index contributed by atoms with van der Waals surface area (Å²) in [5.74, 6) is 0.711. The van der Waals surface area contributed by atoms with Crippen LogP contribution in [0, 0.1) is 11.8 Å². The summed E-state index contributed by atoms with van der Waals surface area (Å²) in [5.41, 5.74) is 0. The highest BCUT2D eigenvalue weighted by Gasteiger charge is 2.39. The van der Waals surface area contributed by atoms with E-state index in [2.05, 4.69) is 20.4 Å². The van der Waals surface area contributed by atoms with Crippen molar-refractivity contribution >= 4 is 14.3 Å². The summed E-state index contributed by atoms with van der Waals surface area (Å²) in [6.07, 6.45) is 6.15. The number of ether oxygens (including phenoxy) is 1. The third-order valence-electron chi connectivity index (χ3n) is 5.86. The molecular weight excluding hydrogens is 328 g/mol. The number of rotatable bonds is 8. The van der Waals surface area contributed by atoms with Gasteiger partial charge >= 0.3 is 5.97 Å². The predicted molar refractivity (Wildman–Crippen MR) is 105 cm³/mol. The van der Waals surface area contributed by atoms with Crippen LogP contribution in [0.1, 0.15) is 52.9 Å². The van der Waals surface area contributed by atoms with E-state index < -0.39 is 8.32 Å². The lowest BCUT2D eigenvalue weighted by Gasteiger charge is -2.39. The van der Waals surface area contributed by atoms with Gasteiger partial charge in [0.2, 0.25) is 0 Å². The minimum atomic E-state index is -1.75. The van der Waals surface area contributed by atoms with Crippen molar-refractivity contribution in [2.24, 2.45) is 11.8 Å². The molecule has 1 fully saturated rings. The first-order chi connectivity index (χ1) is 12.0. The maximum absolute atomic E-state index is 12.8. The van der Waals surface area contributed by atoms with E-state index in [0.717, 1.165) is 12.1 Å². The van der Waals surface area contributed by atoms with Gasteiger partial charge in [-0.3, -0.25) is 4.79 Å². The maximum atomic E-state index is 12.8. The second-order valence-corrected chi connectivity index (χ2v) is 12.2. The Hall–Kier alpha value is -1.13. The first-order valence-electron chi connectivity index (χ1n) is 9.93. The first kappa shape index (κ1) is 20.2. The SMILES string of the molecule is CC[Si](C)(CC)O[C@H](C1CCCCC1)[C@@H](C)C(=O)Oc1ccccc1. The molecule has 4 heteroatoms. The summed E-state index contributed by atoms with van der Waals surface area (Å²) < 4.78 is 12.4. The molecule has 0 saturated heterocycles. The van der Waals surface area contributed by atoms with E-state index in [0.29, 0.717) is 11.7 Å². The van der Waals surface area contributed by atoms with Crippen LogP contribution in [0.2, 0.25) is 18.6 Å². The molecule has 0 aromatic heterocycles. The van der Waals surface area contributed by atoms with Crippen molar-refractivity contribution in [2.45, 2.75) is 77.6 Å². The molecule has 1 aliphatic carbocycles. The monoisotopic (exact) mass is 362 g/mol. The number of hydrogen-bond donors (Lipinski definition) is 0. The zero-order valence-corrected chi connectivity index (χ0v) is 17.3. The molecule has 25 heavy (non-hydrogen) atoms. The van der Waals surface area contributed by atoms with E-state index in [1.807, 2.05) is 37.3 Å². The van der Waals surface area contributed by atoms with Gasteiger partial charge in [-0.05, 0) is 56.5 Å². The summed E-state index contributed by atoms with van der Waals surface area (Å²) >= 11 is 0. The molecule has 0 amide bonds. The Morgan fingerprint density at radius 2 is 1.72 bits per heavy atom. The molecule has 1 aliphatic rings. The molecule has 0 bridgehead atoms. The third-order valence-corrected chi connectivity index (χ3v) is 9.69. The van der Waals surface area contributed by atoms with Crippen molar-refractivity contribution in [3.8, 4) is 5.75 Å². The highest BCUT2D eigenvalue weighted by Crippen LogP contribution is 2.35. The molecule has 1 saturated carbocycles. The third kappa shape index (κ3) is 5.68. The topological polar surface area (TPSA) is 35.5 Å². The van der Waals surface area contributed by atoms with Crippen LogP contribution < -0.4 is 4.74 Å². The van der Waals surface area contributed by atoms with Gasteiger partial charge in [0.1, 0.15) is 5.75 Å². The number of esters is 1. The molecule has 1 aromatic carbocycles.